The largest absolute Gasteiger partial charge is 0.445 e. The normalized spacial score (nSPS) is 19.2. The summed E-state index contributed by atoms with van der Waals surface area (Å²) in [5.74, 6) is 0.644. The van der Waals surface area contributed by atoms with Gasteiger partial charge < -0.3 is 29.7 Å². The van der Waals surface area contributed by atoms with E-state index in [1.165, 1.54) is 19.3 Å². The molecular weight excluding hydrogens is 594 g/mol. The van der Waals surface area contributed by atoms with Crippen molar-refractivity contribution in [1.82, 2.24) is 5.32 Å². The molecule has 5 rings (SSSR count). The van der Waals surface area contributed by atoms with E-state index in [4.69, 9.17) is 14.2 Å². The highest BCUT2D eigenvalue weighted by Crippen LogP contribution is 2.36. The number of methoxy groups -OCH3 is 1. The number of nitrogens with one attached hydrogen (secondary N) is 2. The van der Waals surface area contributed by atoms with Gasteiger partial charge in [-0.3, -0.25) is 9.59 Å². The van der Waals surface area contributed by atoms with Crippen LogP contribution in [0, 0.1) is 11.8 Å². The Balaban J connectivity index is 1.30. The molecule has 1 aliphatic carbocycles. The lowest BCUT2D eigenvalue weighted by molar-refractivity contribution is -0.00235. The SMILES string of the molecule is COCCCOC(c1ccccc1)C1CCCN(c2c(N[C@H](CC3CCCCC3)C(C)NC(=O)OCc3ccccc3)c(=O)c2=O)C1. The molecule has 47 heavy (non-hydrogen) atoms. The van der Waals surface area contributed by atoms with Crippen LogP contribution in [0.25, 0.3) is 0 Å². The van der Waals surface area contributed by atoms with Crippen molar-refractivity contribution in [3.63, 3.8) is 0 Å². The zero-order valence-corrected chi connectivity index (χ0v) is 28.0. The van der Waals surface area contributed by atoms with Gasteiger partial charge in [0, 0.05) is 51.4 Å². The Bertz CT molecular complexity index is 1450. The van der Waals surface area contributed by atoms with Crippen LogP contribution in [0.3, 0.4) is 0 Å². The van der Waals surface area contributed by atoms with Crippen molar-refractivity contribution < 1.29 is 19.0 Å². The van der Waals surface area contributed by atoms with Gasteiger partial charge in [0.1, 0.15) is 18.0 Å². The Labute approximate surface area is 278 Å². The molecule has 9 nitrogen and oxygen atoms in total. The number of piperidine rings is 1. The van der Waals surface area contributed by atoms with Crippen molar-refractivity contribution >= 4 is 17.5 Å². The highest BCUT2D eigenvalue weighted by atomic mass is 16.5. The number of alkyl carbamates (subject to hydrolysis) is 1. The first-order chi connectivity index (χ1) is 22.9. The number of carbonyl (C=O) groups is 1. The molecule has 3 aromatic carbocycles. The molecule has 1 amide bonds. The molecule has 2 N–H and O–H groups in total. The van der Waals surface area contributed by atoms with Gasteiger partial charge in [-0.25, -0.2) is 4.79 Å². The third-order valence-electron chi connectivity index (χ3n) is 9.81. The second-order valence-corrected chi connectivity index (χ2v) is 13.3. The second kappa shape index (κ2) is 17.5. The van der Waals surface area contributed by atoms with E-state index in [0.29, 0.717) is 43.6 Å². The minimum atomic E-state index is -0.502. The number of hydrogen-bond acceptors (Lipinski definition) is 8. The molecule has 254 valence electrons. The van der Waals surface area contributed by atoms with Crippen LogP contribution in [-0.2, 0) is 20.8 Å². The number of amides is 1. The van der Waals surface area contributed by atoms with Gasteiger partial charge in [0.2, 0.25) is 0 Å². The first kappa shape index (κ1) is 34.6. The second-order valence-electron chi connectivity index (χ2n) is 13.3. The zero-order valence-electron chi connectivity index (χ0n) is 28.0. The smallest absolute Gasteiger partial charge is 0.407 e. The fourth-order valence-electron chi connectivity index (χ4n) is 7.24. The first-order valence-electron chi connectivity index (χ1n) is 17.4. The van der Waals surface area contributed by atoms with E-state index in [-0.39, 0.29) is 30.7 Å². The Morgan fingerprint density at radius 3 is 2.36 bits per heavy atom. The summed E-state index contributed by atoms with van der Waals surface area (Å²) in [6.45, 7) is 4.66. The van der Waals surface area contributed by atoms with Gasteiger partial charge in [0.15, 0.2) is 0 Å². The van der Waals surface area contributed by atoms with Crippen LogP contribution in [0.2, 0.25) is 0 Å². The summed E-state index contributed by atoms with van der Waals surface area (Å²) in [6.07, 6.45) is 8.71. The fourth-order valence-corrected chi connectivity index (χ4v) is 7.24. The van der Waals surface area contributed by atoms with Crippen LogP contribution in [0.5, 0.6) is 0 Å². The van der Waals surface area contributed by atoms with E-state index >= 15 is 0 Å². The minimum absolute atomic E-state index is 0.121. The number of carbonyl (C=O) groups excluding carboxylic acids is 1. The molecule has 2 aliphatic rings. The fraction of sp³-hybridized carbons (Fsp3) is 0.553. The molecule has 1 saturated heterocycles. The Morgan fingerprint density at radius 2 is 1.64 bits per heavy atom. The summed E-state index contributed by atoms with van der Waals surface area (Å²) in [5, 5.41) is 6.48. The predicted molar refractivity (Wildman–Crippen MR) is 186 cm³/mol. The van der Waals surface area contributed by atoms with Crippen molar-refractivity contribution in [2.24, 2.45) is 11.8 Å². The number of hydrogen-bond donors (Lipinski definition) is 2. The highest BCUT2D eigenvalue weighted by molar-refractivity contribution is 5.76. The molecule has 3 aromatic rings. The van der Waals surface area contributed by atoms with Crippen LogP contribution < -0.4 is 26.4 Å². The van der Waals surface area contributed by atoms with Crippen LogP contribution in [0.1, 0.15) is 81.9 Å². The van der Waals surface area contributed by atoms with Gasteiger partial charge in [0.25, 0.3) is 10.9 Å². The molecule has 1 saturated carbocycles. The summed E-state index contributed by atoms with van der Waals surface area (Å²) in [6, 6.07) is 19.3. The van der Waals surface area contributed by atoms with E-state index in [0.717, 1.165) is 49.7 Å². The maximum absolute atomic E-state index is 13.2. The average Bonchev–Trinajstić information content (AvgIpc) is 3.11. The average molecular weight is 646 g/mol. The topological polar surface area (TPSA) is 106 Å². The lowest BCUT2D eigenvalue weighted by Crippen LogP contribution is -2.51. The van der Waals surface area contributed by atoms with Gasteiger partial charge >= 0.3 is 6.09 Å². The molecule has 0 aromatic heterocycles. The maximum Gasteiger partial charge on any atom is 0.407 e. The molecule has 0 radical (unpaired) electrons. The zero-order chi connectivity index (χ0) is 33.0. The monoisotopic (exact) mass is 645 g/mol. The number of nitrogens with zero attached hydrogens (tertiary/aromatic N) is 1. The molecule has 2 fully saturated rings. The highest BCUT2D eigenvalue weighted by Gasteiger charge is 2.35. The quantitative estimate of drug-likeness (QED) is 0.137. The van der Waals surface area contributed by atoms with Gasteiger partial charge in [0.05, 0.1) is 6.10 Å². The van der Waals surface area contributed by atoms with Crippen molar-refractivity contribution in [3.8, 4) is 0 Å². The Hall–Kier alpha value is -3.69. The van der Waals surface area contributed by atoms with Crippen LogP contribution in [-0.4, -0.2) is 51.6 Å². The number of benzene rings is 2. The molecule has 3 unspecified atom stereocenters. The summed E-state index contributed by atoms with van der Waals surface area (Å²) in [5.41, 5.74) is 1.95. The van der Waals surface area contributed by atoms with Gasteiger partial charge in [-0.15, -0.1) is 0 Å². The third kappa shape index (κ3) is 9.45. The van der Waals surface area contributed by atoms with E-state index in [1.54, 1.807) is 7.11 Å². The van der Waals surface area contributed by atoms with Crippen LogP contribution >= 0.6 is 0 Å². The third-order valence-corrected chi connectivity index (χ3v) is 9.81. The van der Waals surface area contributed by atoms with E-state index in [1.807, 2.05) is 55.5 Å². The molecule has 0 bridgehead atoms. The summed E-state index contributed by atoms with van der Waals surface area (Å²) >= 11 is 0. The van der Waals surface area contributed by atoms with Crippen molar-refractivity contribution in [3.05, 3.63) is 92.2 Å². The molecular formula is C38H51N3O6. The van der Waals surface area contributed by atoms with E-state index < -0.39 is 17.0 Å². The Kier molecular flexibility index (Phi) is 12.9. The van der Waals surface area contributed by atoms with Crippen LogP contribution in [0.4, 0.5) is 16.2 Å². The summed E-state index contributed by atoms with van der Waals surface area (Å²) < 4.78 is 17.2. The van der Waals surface area contributed by atoms with Gasteiger partial charge in [-0.2, -0.15) is 0 Å². The predicted octanol–water partition coefficient (Wildman–Crippen LogP) is 6.36. The summed E-state index contributed by atoms with van der Waals surface area (Å²) in [4.78, 5) is 41.2. The van der Waals surface area contributed by atoms with Gasteiger partial charge in [-0.1, -0.05) is 92.8 Å². The number of anilines is 2. The Morgan fingerprint density at radius 1 is 0.915 bits per heavy atom. The van der Waals surface area contributed by atoms with Gasteiger partial charge in [-0.05, 0) is 49.7 Å². The maximum atomic E-state index is 13.2. The minimum Gasteiger partial charge on any atom is -0.445 e. The molecule has 1 aliphatic heterocycles. The number of rotatable bonds is 16. The summed E-state index contributed by atoms with van der Waals surface area (Å²) in [7, 11) is 1.69. The van der Waals surface area contributed by atoms with Crippen molar-refractivity contribution in [1.29, 1.82) is 0 Å². The standard InChI is InChI=1S/C38H51N3O6/c1-27(39-38(44)47-26-29-16-8-4-9-17-29)32(24-28-14-6-3-7-15-28)40-33-34(36(43)35(33)42)41-21-12-20-31(25-41)37(46-23-13-22-45-2)30-18-10-5-11-19-30/h4-5,8-11,16-19,27-28,31-32,37,40H,3,6-7,12-15,20-26H2,1-2H3,(H,39,44)/t27?,31?,32-,37?/m1/s1. The first-order valence-corrected chi connectivity index (χ1v) is 17.4. The van der Waals surface area contributed by atoms with Crippen molar-refractivity contribution in [2.45, 2.75) is 89.5 Å². The lowest BCUT2D eigenvalue weighted by atomic mass is 9.83. The lowest BCUT2D eigenvalue weighted by Gasteiger charge is -2.40. The van der Waals surface area contributed by atoms with E-state index in [2.05, 4.69) is 27.7 Å². The molecule has 4 atom stereocenters. The number of ether oxygens (including phenoxy) is 3. The molecule has 0 spiro atoms. The van der Waals surface area contributed by atoms with E-state index in [9.17, 15) is 14.4 Å². The van der Waals surface area contributed by atoms with Crippen LogP contribution in [0.15, 0.2) is 70.3 Å². The van der Waals surface area contributed by atoms with Crippen molar-refractivity contribution in [2.75, 3.05) is 43.6 Å². The molecule has 1 heterocycles. The molecule has 9 heteroatoms.